The minimum Gasteiger partial charge on any atom is -0.380 e. The molecule has 1 aromatic carbocycles. The number of fused-ring (bicyclic) bond motifs is 1. The summed E-state index contributed by atoms with van der Waals surface area (Å²) in [6.45, 7) is 4.13. The van der Waals surface area contributed by atoms with Crippen molar-refractivity contribution in [1.82, 2.24) is 4.98 Å². The summed E-state index contributed by atoms with van der Waals surface area (Å²) in [6, 6.07) is 8.72. The zero-order valence-electron chi connectivity index (χ0n) is 12.2. The monoisotopic (exact) mass is 288 g/mol. The Kier molecular flexibility index (Phi) is 3.85. The number of nitrogens with zero attached hydrogens (tertiary/aromatic N) is 2. The molecule has 0 saturated carbocycles. The highest BCUT2D eigenvalue weighted by Gasteiger charge is 2.23. The van der Waals surface area contributed by atoms with Crippen LogP contribution in [0.3, 0.4) is 0 Å². The largest absolute Gasteiger partial charge is 0.380 e. The van der Waals surface area contributed by atoms with E-state index in [2.05, 4.69) is 42.3 Å². The Balaban J connectivity index is 2.00. The molecule has 106 valence electrons. The lowest BCUT2D eigenvalue weighted by Crippen LogP contribution is -2.23. The Labute approximate surface area is 124 Å². The molecule has 0 spiro atoms. The van der Waals surface area contributed by atoms with Crippen LogP contribution in [0.15, 0.2) is 29.2 Å². The molecule has 3 nitrogen and oxygen atoms in total. The molecule has 1 aromatic heterocycles. The Hall–Kier alpha value is -1.26. The molecule has 3 rings (SSSR count). The molecule has 2 aromatic rings. The predicted molar refractivity (Wildman–Crippen MR) is 85.9 cm³/mol. The van der Waals surface area contributed by atoms with Crippen molar-refractivity contribution in [2.75, 3.05) is 31.4 Å². The van der Waals surface area contributed by atoms with E-state index in [1.54, 1.807) is 18.9 Å². The zero-order chi connectivity index (χ0) is 14.1. The number of hydrogen-bond acceptors (Lipinski definition) is 4. The number of rotatable bonds is 3. The van der Waals surface area contributed by atoms with Gasteiger partial charge in [-0.2, -0.15) is 0 Å². The Bertz CT molecular complexity index is 629. The summed E-state index contributed by atoms with van der Waals surface area (Å²) >= 11 is 1.76. The highest BCUT2D eigenvalue weighted by Crippen LogP contribution is 2.28. The van der Waals surface area contributed by atoms with Crippen LogP contribution in [0.1, 0.15) is 12.0 Å². The number of thioether (sulfide) groups is 1. The fraction of sp³-hybridized carbons (Fsp3) is 0.438. The van der Waals surface area contributed by atoms with Crippen molar-refractivity contribution in [1.29, 1.82) is 0 Å². The molecule has 1 aliphatic heterocycles. The molecule has 0 amide bonds. The lowest BCUT2D eigenvalue weighted by atomic mass is 10.1. The van der Waals surface area contributed by atoms with Gasteiger partial charge in [-0.1, -0.05) is 6.07 Å². The van der Waals surface area contributed by atoms with Gasteiger partial charge in [-0.15, -0.1) is 11.8 Å². The molecule has 1 aliphatic rings. The van der Waals surface area contributed by atoms with Crippen molar-refractivity contribution in [2.24, 2.45) is 0 Å². The van der Waals surface area contributed by atoms with Gasteiger partial charge in [-0.25, -0.2) is 4.98 Å². The standard InChI is InChI=1S/C16H20N2OS/c1-11-8-16(18-7-6-12(10-18)19-2)17-15-9-13(20-3)4-5-14(11)15/h4-5,8-9,12H,6-7,10H2,1-3H3. The molecule has 20 heavy (non-hydrogen) atoms. The molecule has 4 heteroatoms. The quantitative estimate of drug-likeness (QED) is 0.807. The average molecular weight is 288 g/mol. The summed E-state index contributed by atoms with van der Waals surface area (Å²) in [5.41, 5.74) is 2.38. The van der Waals surface area contributed by atoms with Gasteiger partial charge in [0.25, 0.3) is 0 Å². The summed E-state index contributed by atoms with van der Waals surface area (Å²) in [5.74, 6) is 1.08. The van der Waals surface area contributed by atoms with Crippen LogP contribution < -0.4 is 4.90 Å². The summed E-state index contributed by atoms with van der Waals surface area (Å²) in [4.78, 5) is 8.44. The van der Waals surface area contributed by atoms with E-state index >= 15 is 0 Å². The van der Waals surface area contributed by atoms with Crippen LogP contribution in [0.4, 0.5) is 5.82 Å². The van der Waals surface area contributed by atoms with Gasteiger partial charge < -0.3 is 9.64 Å². The van der Waals surface area contributed by atoms with Crippen molar-refractivity contribution >= 4 is 28.5 Å². The van der Waals surface area contributed by atoms with E-state index in [0.717, 1.165) is 30.8 Å². The topological polar surface area (TPSA) is 25.4 Å². The van der Waals surface area contributed by atoms with Crippen LogP contribution in [0, 0.1) is 6.92 Å². The van der Waals surface area contributed by atoms with Crippen molar-refractivity contribution in [3.8, 4) is 0 Å². The molecular weight excluding hydrogens is 268 g/mol. The van der Waals surface area contributed by atoms with Crippen molar-refractivity contribution in [2.45, 2.75) is 24.3 Å². The summed E-state index contributed by atoms with van der Waals surface area (Å²) in [7, 11) is 1.79. The molecule has 1 atom stereocenters. The third-order valence-electron chi connectivity index (χ3n) is 4.01. The van der Waals surface area contributed by atoms with E-state index < -0.39 is 0 Å². The maximum Gasteiger partial charge on any atom is 0.129 e. The number of pyridine rings is 1. The zero-order valence-corrected chi connectivity index (χ0v) is 13.0. The molecule has 1 unspecified atom stereocenters. The highest BCUT2D eigenvalue weighted by molar-refractivity contribution is 7.98. The van der Waals surface area contributed by atoms with E-state index in [0.29, 0.717) is 6.10 Å². The SMILES string of the molecule is COC1CCN(c2cc(C)c3ccc(SC)cc3n2)C1. The normalized spacial score (nSPS) is 18.9. The minimum absolute atomic E-state index is 0.338. The maximum atomic E-state index is 5.44. The Morgan fingerprint density at radius 2 is 2.20 bits per heavy atom. The number of aromatic nitrogens is 1. The number of aryl methyl sites for hydroxylation is 1. The number of methoxy groups -OCH3 is 1. The van der Waals surface area contributed by atoms with E-state index in [-0.39, 0.29) is 0 Å². The summed E-state index contributed by atoms with van der Waals surface area (Å²) < 4.78 is 5.44. The van der Waals surface area contributed by atoms with Crippen molar-refractivity contribution < 1.29 is 4.74 Å². The van der Waals surface area contributed by atoms with Crippen molar-refractivity contribution in [3.05, 3.63) is 29.8 Å². The first-order valence-electron chi connectivity index (χ1n) is 6.94. The van der Waals surface area contributed by atoms with Gasteiger partial charge in [0, 0.05) is 30.5 Å². The number of benzene rings is 1. The van der Waals surface area contributed by atoms with E-state index in [1.807, 2.05) is 0 Å². The van der Waals surface area contributed by atoms with Crippen LogP contribution in [0.2, 0.25) is 0 Å². The van der Waals surface area contributed by atoms with Crippen LogP contribution in [-0.2, 0) is 4.74 Å². The first-order chi connectivity index (χ1) is 9.71. The van der Waals surface area contributed by atoms with Gasteiger partial charge in [0.15, 0.2) is 0 Å². The van der Waals surface area contributed by atoms with Gasteiger partial charge >= 0.3 is 0 Å². The molecule has 0 N–H and O–H groups in total. The van der Waals surface area contributed by atoms with E-state index in [9.17, 15) is 0 Å². The molecule has 0 aliphatic carbocycles. The lowest BCUT2D eigenvalue weighted by Gasteiger charge is -2.18. The second-order valence-corrected chi connectivity index (χ2v) is 6.15. The smallest absolute Gasteiger partial charge is 0.129 e. The lowest BCUT2D eigenvalue weighted by molar-refractivity contribution is 0.121. The first-order valence-corrected chi connectivity index (χ1v) is 8.17. The van der Waals surface area contributed by atoms with Crippen LogP contribution in [0.5, 0.6) is 0 Å². The van der Waals surface area contributed by atoms with Crippen LogP contribution in [-0.4, -0.2) is 37.5 Å². The highest BCUT2D eigenvalue weighted by atomic mass is 32.2. The minimum atomic E-state index is 0.338. The Morgan fingerprint density at radius 3 is 2.90 bits per heavy atom. The van der Waals surface area contributed by atoms with Gasteiger partial charge in [0.05, 0.1) is 11.6 Å². The van der Waals surface area contributed by atoms with Gasteiger partial charge in [-0.3, -0.25) is 0 Å². The Morgan fingerprint density at radius 1 is 1.35 bits per heavy atom. The third kappa shape index (κ3) is 2.50. The molecular formula is C16H20N2OS. The maximum absolute atomic E-state index is 5.44. The molecule has 1 fully saturated rings. The second-order valence-electron chi connectivity index (χ2n) is 5.27. The molecule has 0 bridgehead atoms. The summed E-state index contributed by atoms with van der Waals surface area (Å²) in [6.07, 6.45) is 3.52. The fourth-order valence-corrected chi connectivity index (χ4v) is 3.22. The predicted octanol–water partition coefficient (Wildman–Crippen LogP) is 3.49. The third-order valence-corrected chi connectivity index (χ3v) is 4.74. The fourth-order valence-electron chi connectivity index (χ4n) is 2.78. The van der Waals surface area contributed by atoms with E-state index in [1.165, 1.54) is 15.8 Å². The second kappa shape index (κ2) is 5.62. The van der Waals surface area contributed by atoms with Crippen LogP contribution in [0.25, 0.3) is 10.9 Å². The van der Waals surface area contributed by atoms with Gasteiger partial charge in [0.2, 0.25) is 0 Å². The number of hydrogen-bond donors (Lipinski definition) is 0. The average Bonchev–Trinajstić information content (AvgIpc) is 2.95. The number of anilines is 1. The van der Waals surface area contributed by atoms with E-state index in [4.69, 9.17) is 9.72 Å². The summed E-state index contributed by atoms with van der Waals surface area (Å²) in [5, 5.41) is 1.24. The molecule has 1 saturated heterocycles. The first kappa shape index (κ1) is 13.7. The van der Waals surface area contributed by atoms with Gasteiger partial charge in [0.1, 0.15) is 5.82 Å². The molecule has 0 radical (unpaired) electrons. The van der Waals surface area contributed by atoms with Crippen molar-refractivity contribution in [3.63, 3.8) is 0 Å². The van der Waals surface area contributed by atoms with Gasteiger partial charge in [-0.05, 0) is 43.4 Å². The number of ether oxygens (including phenoxy) is 1. The van der Waals surface area contributed by atoms with Crippen LogP contribution >= 0.6 is 11.8 Å². The molecule has 2 heterocycles.